The van der Waals surface area contributed by atoms with Gasteiger partial charge in [0.25, 0.3) is 0 Å². The molecule has 1 atom stereocenters. The van der Waals surface area contributed by atoms with Crippen molar-refractivity contribution in [3.8, 4) is 0 Å². The Morgan fingerprint density at radius 2 is 1.02 bits per heavy atom. The van der Waals surface area contributed by atoms with Crippen molar-refractivity contribution in [2.24, 2.45) is 0 Å². The second-order valence-electron chi connectivity index (χ2n) is 7.92. The molecule has 1 aromatic carbocycles. The van der Waals surface area contributed by atoms with Crippen LogP contribution in [0.2, 0.25) is 0 Å². The molecular weight excluding hydrogens is 611 g/mol. The maximum atomic E-state index is 14.3. The van der Waals surface area contributed by atoms with E-state index in [2.05, 4.69) is 9.47 Å². The number of carbonyl (C=O) groups excluding carboxylic acids is 1. The molecule has 0 aliphatic carbocycles. The number of methoxy groups -OCH3 is 1. The van der Waals surface area contributed by atoms with Gasteiger partial charge in [0.15, 0.2) is 0 Å². The predicted octanol–water partition coefficient (Wildman–Crippen LogP) is 7.95. The summed E-state index contributed by atoms with van der Waals surface area (Å²) in [6.07, 6.45) is -13.1. The Morgan fingerprint density at radius 3 is 1.38 bits per heavy atom. The first-order valence-electron chi connectivity index (χ1n) is 10.1. The van der Waals surface area contributed by atoms with E-state index in [1.807, 2.05) is 0 Å². The molecule has 0 amide bonds. The molecule has 1 aromatic rings. The summed E-state index contributed by atoms with van der Waals surface area (Å²) >= 11 is 0. The van der Waals surface area contributed by atoms with Gasteiger partial charge in [0.2, 0.25) is 0 Å². The summed E-state index contributed by atoms with van der Waals surface area (Å²) in [5.41, 5.74) is -0.926. The van der Waals surface area contributed by atoms with E-state index in [1.54, 1.807) is 0 Å². The molecule has 40 heavy (non-hydrogen) atoms. The fourth-order valence-electron chi connectivity index (χ4n) is 2.94. The molecule has 0 bridgehead atoms. The van der Waals surface area contributed by atoms with Gasteiger partial charge in [-0.25, -0.2) is 4.79 Å². The SMILES string of the molecule is CCOC(=O)c1ccc(C(CC(F)(F)C(F)(F)C(F)(F)C(F)(F)C(F)(F)C(F)(F)C(F)(F)C(F)(F)F)OC)cc1. The zero-order valence-electron chi connectivity index (χ0n) is 19.5. The normalized spacial score (nSPS) is 15.7. The van der Waals surface area contributed by atoms with Gasteiger partial charge in [-0.1, -0.05) is 12.1 Å². The first kappa shape index (κ1) is 35.5. The molecule has 0 saturated carbocycles. The topological polar surface area (TPSA) is 35.5 Å². The van der Waals surface area contributed by atoms with Crippen molar-refractivity contribution in [3.05, 3.63) is 35.4 Å². The smallest absolute Gasteiger partial charge is 0.460 e. The van der Waals surface area contributed by atoms with E-state index in [4.69, 9.17) is 0 Å². The minimum Gasteiger partial charge on any atom is -0.462 e. The third kappa shape index (κ3) is 5.38. The van der Waals surface area contributed by atoms with Gasteiger partial charge in [-0.2, -0.15) is 74.6 Å². The number of esters is 1. The van der Waals surface area contributed by atoms with Gasteiger partial charge in [-0.3, -0.25) is 0 Å². The molecule has 0 radical (unpaired) electrons. The summed E-state index contributed by atoms with van der Waals surface area (Å²) < 4.78 is 237. The van der Waals surface area contributed by atoms with E-state index in [1.165, 1.54) is 6.92 Å². The lowest BCUT2D eigenvalue weighted by Crippen LogP contribution is -2.74. The third-order valence-electron chi connectivity index (χ3n) is 5.31. The molecular formula is C20H15F17O3. The molecule has 0 N–H and O–H groups in total. The maximum Gasteiger partial charge on any atom is 0.460 e. The Balaban J connectivity index is 3.51. The van der Waals surface area contributed by atoms with Crippen LogP contribution in [0.5, 0.6) is 0 Å². The second kappa shape index (κ2) is 10.7. The fraction of sp³-hybridized carbons (Fsp3) is 0.650. The number of hydrogen-bond donors (Lipinski definition) is 0. The quantitative estimate of drug-likeness (QED) is 0.175. The number of carbonyl (C=O) groups is 1. The molecule has 0 aliphatic heterocycles. The van der Waals surface area contributed by atoms with Gasteiger partial charge in [-0.05, 0) is 24.6 Å². The van der Waals surface area contributed by atoms with E-state index in [-0.39, 0.29) is 12.2 Å². The van der Waals surface area contributed by atoms with E-state index in [0.717, 1.165) is 12.1 Å². The monoisotopic (exact) mass is 626 g/mol. The highest BCUT2D eigenvalue weighted by molar-refractivity contribution is 5.89. The number of halogens is 17. The fourth-order valence-corrected chi connectivity index (χ4v) is 2.94. The van der Waals surface area contributed by atoms with Crippen molar-refractivity contribution in [3.63, 3.8) is 0 Å². The standard InChI is InChI=1S/C20H15F17O3/c1-3-40-12(38)10-6-4-9(5-7-10)11(39-2)8-13(21,22)14(23,24)15(25,26)16(27,28)17(29,30)18(31,32)19(33,34)20(35,36)37/h4-7,11H,3,8H2,1-2H3. The van der Waals surface area contributed by atoms with E-state index in [0.29, 0.717) is 19.2 Å². The number of benzene rings is 1. The minimum absolute atomic E-state index is 0.139. The lowest BCUT2D eigenvalue weighted by atomic mass is 9.87. The first-order valence-corrected chi connectivity index (χ1v) is 10.1. The van der Waals surface area contributed by atoms with Crippen molar-refractivity contribution in [2.75, 3.05) is 13.7 Å². The van der Waals surface area contributed by atoms with E-state index in [9.17, 15) is 79.4 Å². The number of alkyl halides is 17. The van der Waals surface area contributed by atoms with Crippen molar-refractivity contribution in [1.29, 1.82) is 0 Å². The molecule has 0 heterocycles. The highest BCUT2D eigenvalue weighted by atomic mass is 19.4. The third-order valence-corrected chi connectivity index (χ3v) is 5.31. The number of rotatable bonds is 12. The van der Waals surface area contributed by atoms with Gasteiger partial charge in [0.05, 0.1) is 18.3 Å². The average Bonchev–Trinajstić information content (AvgIpc) is 2.81. The Hall–Kier alpha value is -2.54. The molecule has 232 valence electrons. The van der Waals surface area contributed by atoms with Crippen LogP contribution in [0.1, 0.15) is 35.4 Å². The molecule has 1 unspecified atom stereocenters. The predicted molar refractivity (Wildman–Crippen MR) is 97.4 cm³/mol. The van der Waals surface area contributed by atoms with Crippen LogP contribution < -0.4 is 0 Å². The highest BCUT2D eigenvalue weighted by Gasteiger charge is 2.95. The van der Waals surface area contributed by atoms with Crippen molar-refractivity contribution < 1.29 is 88.9 Å². The van der Waals surface area contributed by atoms with Gasteiger partial charge in [-0.15, -0.1) is 0 Å². The van der Waals surface area contributed by atoms with Crippen molar-refractivity contribution in [2.45, 2.75) is 67.1 Å². The van der Waals surface area contributed by atoms with Crippen LogP contribution in [0.25, 0.3) is 0 Å². The summed E-state index contributed by atoms with van der Waals surface area (Å²) in [5.74, 6) is -57.9. The van der Waals surface area contributed by atoms with Crippen molar-refractivity contribution in [1.82, 2.24) is 0 Å². The lowest BCUT2D eigenvalue weighted by Gasteiger charge is -2.43. The molecule has 20 heteroatoms. The van der Waals surface area contributed by atoms with Crippen LogP contribution >= 0.6 is 0 Å². The van der Waals surface area contributed by atoms with Crippen LogP contribution in [0.3, 0.4) is 0 Å². The van der Waals surface area contributed by atoms with Crippen molar-refractivity contribution >= 4 is 5.97 Å². The average molecular weight is 626 g/mol. The van der Waals surface area contributed by atoms with Crippen LogP contribution in [0.4, 0.5) is 74.6 Å². The molecule has 0 saturated heterocycles. The highest BCUT2D eigenvalue weighted by Crippen LogP contribution is 2.64. The number of hydrogen-bond acceptors (Lipinski definition) is 3. The molecule has 1 rings (SSSR count). The molecule has 0 aromatic heterocycles. The first-order chi connectivity index (χ1) is 17.6. The molecule has 3 nitrogen and oxygen atoms in total. The van der Waals surface area contributed by atoms with Gasteiger partial charge in [0, 0.05) is 13.5 Å². The summed E-state index contributed by atoms with van der Waals surface area (Å²) in [4.78, 5) is 11.6. The Morgan fingerprint density at radius 1 is 0.650 bits per heavy atom. The zero-order chi connectivity index (χ0) is 32.0. The summed E-state index contributed by atoms with van der Waals surface area (Å²) in [7, 11) is 0.471. The Kier molecular flexibility index (Phi) is 9.49. The molecule has 0 fully saturated rings. The zero-order valence-corrected chi connectivity index (χ0v) is 19.5. The maximum absolute atomic E-state index is 14.3. The largest absolute Gasteiger partial charge is 0.462 e. The number of ether oxygens (including phenoxy) is 2. The Bertz CT molecular complexity index is 1030. The Labute approximate surface area is 212 Å². The lowest BCUT2D eigenvalue weighted by molar-refractivity contribution is -0.462. The summed E-state index contributed by atoms with van der Waals surface area (Å²) in [6, 6.07) is 2.99. The van der Waals surface area contributed by atoms with E-state index < -0.39 is 71.7 Å². The van der Waals surface area contributed by atoms with Crippen LogP contribution in [0.15, 0.2) is 24.3 Å². The molecule has 0 aliphatic rings. The van der Waals surface area contributed by atoms with Gasteiger partial charge >= 0.3 is 53.6 Å². The summed E-state index contributed by atoms with van der Waals surface area (Å²) in [6.45, 7) is 1.24. The van der Waals surface area contributed by atoms with Gasteiger partial charge < -0.3 is 9.47 Å². The second-order valence-corrected chi connectivity index (χ2v) is 7.92. The van der Waals surface area contributed by atoms with E-state index >= 15 is 0 Å². The van der Waals surface area contributed by atoms with Crippen LogP contribution in [-0.4, -0.2) is 67.3 Å². The minimum atomic E-state index is -8.69. The molecule has 0 spiro atoms. The van der Waals surface area contributed by atoms with Gasteiger partial charge in [0.1, 0.15) is 0 Å². The van der Waals surface area contributed by atoms with Crippen LogP contribution in [0, 0.1) is 0 Å². The summed E-state index contributed by atoms with van der Waals surface area (Å²) in [5, 5.41) is 0. The van der Waals surface area contributed by atoms with Crippen LogP contribution in [-0.2, 0) is 9.47 Å².